The zero-order chi connectivity index (χ0) is 17.5. The van der Waals surface area contributed by atoms with Crippen molar-refractivity contribution in [1.29, 1.82) is 0 Å². The topological polar surface area (TPSA) is 89.8 Å². The highest BCUT2D eigenvalue weighted by Crippen LogP contribution is 2.65. The summed E-state index contributed by atoms with van der Waals surface area (Å²) in [6.45, 7) is 0. The molecule has 7 heteroatoms. The quantitative estimate of drug-likeness (QED) is 0.364. The molecule has 0 radical (unpaired) electrons. The normalized spacial score (nSPS) is 37.1. The summed E-state index contributed by atoms with van der Waals surface area (Å²) in [5.74, 6) is 0.371. The van der Waals surface area contributed by atoms with Gasteiger partial charge in [0.15, 0.2) is 0 Å². The van der Waals surface area contributed by atoms with Gasteiger partial charge in [-0.2, -0.15) is 0 Å². The molecule has 0 spiro atoms. The van der Waals surface area contributed by atoms with Gasteiger partial charge in [0.1, 0.15) is 11.4 Å². The fourth-order valence-corrected chi connectivity index (χ4v) is 5.16. The molecule has 7 nitrogen and oxygen atoms in total. The molecule has 1 aliphatic heterocycles. The number of allylic oxidation sites excluding steroid dienone is 2. The molecule has 25 heavy (non-hydrogen) atoms. The molecule has 1 aromatic carbocycles. The van der Waals surface area contributed by atoms with E-state index in [-0.39, 0.29) is 52.6 Å². The van der Waals surface area contributed by atoms with E-state index in [2.05, 4.69) is 12.2 Å². The van der Waals surface area contributed by atoms with Crippen molar-refractivity contribution in [3.8, 4) is 5.75 Å². The third-order valence-corrected chi connectivity index (χ3v) is 6.28. The summed E-state index contributed by atoms with van der Waals surface area (Å²) in [5, 5.41) is 11.1. The lowest BCUT2D eigenvalue weighted by atomic mass is 9.63. The molecule has 6 atom stereocenters. The molecule has 128 valence electrons. The Bertz CT molecular complexity index is 827. The molecule has 6 rings (SSSR count). The molecule has 2 bridgehead atoms. The summed E-state index contributed by atoms with van der Waals surface area (Å²) in [6, 6.07) is 3.99. The minimum Gasteiger partial charge on any atom is -0.495 e. The van der Waals surface area contributed by atoms with E-state index < -0.39 is 4.92 Å². The Morgan fingerprint density at radius 3 is 2.24 bits per heavy atom. The van der Waals surface area contributed by atoms with E-state index in [1.54, 1.807) is 0 Å². The first-order chi connectivity index (χ1) is 12.0. The fraction of sp³-hybridized carbons (Fsp3) is 0.444. The van der Waals surface area contributed by atoms with E-state index in [1.807, 2.05) is 0 Å². The summed E-state index contributed by atoms with van der Waals surface area (Å²) in [6.07, 6.45) is 5.29. The van der Waals surface area contributed by atoms with Crippen molar-refractivity contribution in [3.63, 3.8) is 0 Å². The predicted octanol–water partition coefficient (Wildman–Crippen LogP) is 2.16. The smallest absolute Gasteiger partial charge is 0.271 e. The van der Waals surface area contributed by atoms with Gasteiger partial charge in [0.25, 0.3) is 5.69 Å². The number of methoxy groups -OCH3 is 1. The highest BCUT2D eigenvalue weighted by atomic mass is 16.6. The van der Waals surface area contributed by atoms with Crippen molar-refractivity contribution in [2.24, 2.45) is 35.5 Å². The van der Waals surface area contributed by atoms with Gasteiger partial charge in [-0.3, -0.25) is 19.7 Å². The number of rotatable bonds is 3. The van der Waals surface area contributed by atoms with E-state index in [1.165, 1.54) is 25.3 Å². The van der Waals surface area contributed by atoms with Crippen LogP contribution in [0.4, 0.5) is 11.4 Å². The molecular formula is C18H16N2O5. The first-order valence-electron chi connectivity index (χ1n) is 8.41. The Hall–Kier alpha value is -2.70. The number of hydrogen-bond donors (Lipinski definition) is 0. The van der Waals surface area contributed by atoms with Gasteiger partial charge < -0.3 is 4.74 Å². The average Bonchev–Trinajstić information content (AvgIpc) is 3.39. The van der Waals surface area contributed by atoms with Gasteiger partial charge in [-0.25, -0.2) is 4.90 Å². The van der Waals surface area contributed by atoms with E-state index in [9.17, 15) is 19.7 Å². The molecule has 4 aliphatic carbocycles. The number of benzene rings is 1. The molecular weight excluding hydrogens is 324 g/mol. The number of imide groups is 1. The zero-order valence-electron chi connectivity index (χ0n) is 13.5. The Morgan fingerprint density at radius 1 is 1.12 bits per heavy atom. The Balaban J connectivity index is 1.60. The SMILES string of the molecule is COc1ccc([N+](=O)[O-])cc1N1C(=O)[C@@H]2[C@@H]3C=C[C@H]([C@@H]4C[C@H]34)[C@@H]2C1=O. The second-order valence-corrected chi connectivity index (χ2v) is 7.28. The van der Waals surface area contributed by atoms with Gasteiger partial charge in [-0.15, -0.1) is 0 Å². The van der Waals surface area contributed by atoms with Crippen molar-refractivity contribution in [2.45, 2.75) is 6.42 Å². The molecule has 0 unspecified atom stereocenters. The first kappa shape index (κ1) is 14.6. The first-order valence-corrected chi connectivity index (χ1v) is 8.41. The minimum absolute atomic E-state index is 0.117. The molecule has 0 aromatic heterocycles. The maximum atomic E-state index is 13.1. The van der Waals surface area contributed by atoms with Crippen molar-refractivity contribution in [1.82, 2.24) is 0 Å². The number of carbonyl (C=O) groups is 2. The highest BCUT2D eigenvalue weighted by Gasteiger charge is 2.67. The van der Waals surface area contributed by atoms with Crippen molar-refractivity contribution < 1.29 is 19.2 Å². The van der Waals surface area contributed by atoms with Crippen molar-refractivity contribution >= 4 is 23.2 Å². The summed E-state index contributed by atoms with van der Waals surface area (Å²) in [7, 11) is 1.42. The molecule has 1 heterocycles. The average molecular weight is 340 g/mol. The molecule has 5 aliphatic rings. The summed E-state index contributed by atoms with van der Waals surface area (Å²) < 4.78 is 5.26. The number of hydrogen-bond acceptors (Lipinski definition) is 5. The second kappa shape index (κ2) is 4.68. The van der Waals surface area contributed by atoms with Gasteiger partial charge >= 0.3 is 0 Å². The van der Waals surface area contributed by atoms with Gasteiger partial charge in [0, 0.05) is 12.1 Å². The number of nitro benzene ring substituents is 1. The van der Waals surface area contributed by atoms with Crippen molar-refractivity contribution in [2.75, 3.05) is 12.0 Å². The van der Waals surface area contributed by atoms with Crippen LogP contribution in [-0.2, 0) is 9.59 Å². The van der Waals surface area contributed by atoms with Crippen LogP contribution in [-0.4, -0.2) is 23.8 Å². The van der Waals surface area contributed by atoms with Crippen LogP contribution in [0, 0.1) is 45.6 Å². The monoisotopic (exact) mass is 340 g/mol. The Labute approximate surface area is 143 Å². The number of amides is 2. The number of ether oxygens (including phenoxy) is 1. The third kappa shape index (κ3) is 1.75. The maximum absolute atomic E-state index is 13.1. The lowest BCUT2D eigenvalue weighted by molar-refractivity contribution is -0.384. The number of nitrogens with zero attached hydrogens (tertiary/aromatic N) is 2. The highest BCUT2D eigenvalue weighted by molar-refractivity contribution is 6.23. The summed E-state index contributed by atoms with van der Waals surface area (Å²) in [5.41, 5.74) is 0.00406. The number of nitro groups is 1. The van der Waals surface area contributed by atoms with Crippen LogP contribution in [0.5, 0.6) is 5.75 Å². The van der Waals surface area contributed by atoms with Crippen molar-refractivity contribution in [3.05, 3.63) is 40.5 Å². The molecule has 1 aromatic rings. The van der Waals surface area contributed by atoms with Gasteiger partial charge in [0.2, 0.25) is 11.8 Å². The summed E-state index contributed by atoms with van der Waals surface area (Å²) in [4.78, 5) is 37.9. The number of non-ortho nitro benzene ring substituents is 1. The Kier molecular flexibility index (Phi) is 2.74. The van der Waals surface area contributed by atoms with Crippen LogP contribution in [0.2, 0.25) is 0 Å². The Morgan fingerprint density at radius 2 is 1.72 bits per heavy atom. The fourth-order valence-electron chi connectivity index (χ4n) is 5.16. The predicted molar refractivity (Wildman–Crippen MR) is 86.8 cm³/mol. The number of carbonyl (C=O) groups excluding carboxylic acids is 2. The van der Waals surface area contributed by atoms with Gasteiger partial charge in [0.05, 0.1) is 23.9 Å². The van der Waals surface area contributed by atoms with Crippen LogP contribution in [0.15, 0.2) is 30.4 Å². The lowest BCUT2D eigenvalue weighted by Crippen LogP contribution is -2.40. The second-order valence-electron chi connectivity index (χ2n) is 7.28. The van der Waals surface area contributed by atoms with E-state index in [0.717, 1.165) is 11.3 Å². The van der Waals surface area contributed by atoms with E-state index >= 15 is 0 Å². The molecule has 1 saturated heterocycles. The van der Waals surface area contributed by atoms with Crippen LogP contribution < -0.4 is 9.64 Å². The third-order valence-electron chi connectivity index (χ3n) is 6.28. The molecule has 3 fully saturated rings. The van der Waals surface area contributed by atoms with Crippen LogP contribution in [0.1, 0.15) is 6.42 Å². The van der Waals surface area contributed by atoms with Crippen LogP contribution in [0.25, 0.3) is 0 Å². The standard InChI is InChI=1S/C18H16N2O5/c1-25-14-5-2-8(20(23)24)6-13(14)19-17(21)15-9-3-4-10(12-7-11(9)12)16(15)18(19)22/h2-6,9-12,15-16H,7H2,1H3/t9-,10-,11-,12+,15-,16+/m1/s1. The minimum atomic E-state index is -0.540. The molecule has 0 N–H and O–H groups in total. The van der Waals surface area contributed by atoms with Gasteiger partial charge in [-0.05, 0) is 36.2 Å². The van der Waals surface area contributed by atoms with Crippen LogP contribution >= 0.6 is 0 Å². The van der Waals surface area contributed by atoms with E-state index in [4.69, 9.17) is 4.74 Å². The van der Waals surface area contributed by atoms with Crippen LogP contribution in [0.3, 0.4) is 0 Å². The largest absolute Gasteiger partial charge is 0.495 e. The molecule has 2 saturated carbocycles. The van der Waals surface area contributed by atoms with Gasteiger partial charge in [-0.1, -0.05) is 12.2 Å². The zero-order valence-corrected chi connectivity index (χ0v) is 13.5. The maximum Gasteiger partial charge on any atom is 0.271 e. The lowest BCUT2D eigenvalue weighted by Gasteiger charge is -2.37. The number of anilines is 1. The summed E-state index contributed by atoms with van der Waals surface area (Å²) >= 11 is 0. The molecule has 2 amide bonds. The van der Waals surface area contributed by atoms with E-state index in [0.29, 0.717) is 11.8 Å².